The van der Waals surface area contributed by atoms with E-state index >= 15 is 0 Å². The average molecular weight is 352 g/mol. The molecule has 26 heavy (non-hydrogen) atoms. The van der Waals surface area contributed by atoms with E-state index in [0.29, 0.717) is 29.7 Å². The fourth-order valence-electron chi connectivity index (χ4n) is 3.16. The summed E-state index contributed by atoms with van der Waals surface area (Å²) < 4.78 is 0. The smallest absolute Gasteiger partial charge is 0.329 e. The molecule has 2 aromatic rings. The first-order chi connectivity index (χ1) is 12.5. The van der Waals surface area contributed by atoms with E-state index in [4.69, 9.17) is 0 Å². The Kier molecular flexibility index (Phi) is 5.02. The molecule has 1 saturated carbocycles. The van der Waals surface area contributed by atoms with Crippen molar-refractivity contribution < 1.29 is 19.5 Å². The molecule has 3 rings (SSSR count). The number of hydrogen-bond donors (Lipinski definition) is 3. The molecular formula is C20H20N2O4. The quantitative estimate of drug-likeness (QED) is 0.771. The minimum absolute atomic E-state index is 0.237. The second-order valence-corrected chi connectivity index (χ2v) is 6.45. The lowest BCUT2D eigenvalue weighted by atomic mass is 9.97. The topological polar surface area (TPSA) is 95.5 Å². The molecule has 0 aliphatic heterocycles. The predicted octanol–water partition coefficient (Wildman–Crippen LogP) is 3.07. The molecule has 0 heterocycles. The minimum Gasteiger partial charge on any atom is -0.480 e. The minimum atomic E-state index is -1.17. The van der Waals surface area contributed by atoms with Crippen molar-refractivity contribution in [3.63, 3.8) is 0 Å². The number of benzene rings is 2. The van der Waals surface area contributed by atoms with E-state index in [1.54, 1.807) is 48.5 Å². The standard InChI is InChI=1S/C20H20N2O4/c23-17(14-6-2-1-3-7-14)21-16-10-8-15(9-11-16)18(24)22-20(19(25)26)12-4-5-13-20/h1-3,6-11H,4-5,12-13H2,(H,21,23)(H,22,24)(H,25,26). The number of nitrogens with one attached hydrogen (secondary N) is 2. The summed E-state index contributed by atoms with van der Waals surface area (Å²) in [5.74, 6) is -1.65. The number of carboxylic acid groups (broad SMARTS) is 1. The summed E-state index contributed by atoms with van der Waals surface area (Å²) in [5, 5.41) is 14.9. The molecule has 134 valence electrons. The first kappa shape index (κ1) is 17.7. The predicted molar refractivity (Wildman–Crippen MR) is 97.1 cm³/mol. The third-order valence-corrected chi connectivity index (χ3v) is 4.66. The number of carbonyl (C=O) groups is 3. The maximum atomic E-state index is 12.4. The summed E-state index contributed by atoms with van der Waals surface area (Å²) in [6.45, 7) is 0. The van der Waals surface area contributed by atoms with Crippen LogP contribution in [0.3, 0.4) is 0 Å². The van der Waals surface area contributed by atoms with Gasteiger partial charge in [0, 0.05) is 16.8 Å². The average Bonchev–Trinajstić information content (AvgIpc) is 3.13. The van der Waals surface area contributed by atoms with Crippen LogP contribution in [-0.4, -0.2) is 28.4 Å². The molecule has 6 nitrogen and oxygen atoms in total. The summed E-state index contributed by atoms with van der Waals surface area (Å²) in [4.78, 5) is 36.1. The first-order valence-electron chi connectivity index (χ1n) is 8.53. The Morgan fingerprint density at radius 1 is 0.808 bits per heavy atom. The molecular weight excluding hydrogens is 332 g/mol. The highest BCUT2D eigenvalue weighted by Gasteiger charge is 2.42. The van der Waals surface area contributed by atoms with Gasteiger partial charge in [-0.3, -0.25) is 9.59 Å². The van der Waals surface area contributed by atoms with Gasteiger partial charge in [-0.1, -0.05) is 31.0 Å². The molecule has 1 fully saturated rings. The van der Waals surface area contributed by atoms with E-state index < -0.39 is 17.4 Å². The monoisotopic (exact) mass is 352 g/mol. The van der Waals surface area contributed by atoms with Crippen molar-refractivity contribution in [3.8, 4) is 0 Å². The van der Waals surface area contributed by atoms with Crippen molar-refractivity contribution in [2.75, 3.05) is 5.32 Å². The van der Waals surface area contributed by atoms with Crippen LogP contribution in [0.25, 0.3) is 0 Å². The third kappa shape index (κ3) is 3.74. The maximum Gasteiger partial charge on any atom is 0.329 e. The van der Waals surface area contributed by atoms with Gasteiger partial charge in [0.15, 0.2) is 0 Å². The number of carboxylic acids is 1. The highest BCUT2D eigenvalue weighted by Crippen LogP contribution is 2.30. The number of carbonyl (C=O) groups excluding carboxylic acids is 2. The van der Waals surface area contributed by atoms with E-state index in [2.05, 4.69) is 10.6 Å². The largest absolute Gasteiger partial charge is 0.480 e. The Morgan fingerprint density at radius 3 is 1.96 bits per heavy atom. The van der Waals surface area contributed by atoms with Gasteiger partial charge < -0.3 is 15.7 Å². The van der Waals surface area contributed by atoms with E-state index in [-0.39, 0.29) is 5.91 Å². The SMILES string of the molecule is O=C(Nc1ccc(C(=O)NC2(C(=O)O)CCCC2)cc1)c1ccccc1. The number of hydrogen-bond acceptors (Lipinski definition) is 3. The van der Waals surface area contributed by atoms with Crippen molar-refractivity contribution in [2.24, 2.45) is 0 Å². The van der Waals surface area contributed by atoms with Crippen LogP contribution in [-0.2, 0) is 4.79 Å². The first-order valence-corrected chi connectivity index (χ1v) is 8.53. The summed E-state index contributed by atoms with van der Waals surface area (Å²) in [5.41, 5.74) is 0.287. The van der Waals surface area contributed by atoms with Gasteiger partial charge in [-0.05, 0) is 49.2 Å². The van der Waals surface area contributed by atoms with Crippen LogP contribution in [0, 0.1) is 0 Å². The zero-order valence-electron chi connectivity index (χ0n) is 14.2. The normalized spacial score (nSPS) is 15.2. The molecule has 3 N–H and O–H groups in total. The Labute approximate surface area is 151 Å². The van der Waals surface area contributed by atoms with Gasteiger partial charge in [0.05, 0.1) is 0 Å². The molecule has 2 amide bonds. The molecule has 0 atom stereocenters. The van der Waals surface area contributed by atoms with Gasteiger partial charge in [-0.2, -0.15) is 0 Å². The molecule has 1 aliphatic carbocycles. The van der Waals surface area contributed by atoms with Crippen LogP contribution in [0.5, 0.6) is 0 Å². The summed E-state index contributed by atoms with van der Waals surface area (Å²) >= 11 is 0. The Morgan fingerprint density at radius 2 is 1.38 bits per heavy atom. The molecule has 0 unspecified atom stereocenters. The van der Waals surface area contributed by atoms with Crippen LogP contribution in [0.2, 0.25) is 0 Å². The van der Waals surface area contributed by atoms with Crippen LogP contribution < -0.4 is 10.6 Å². The van der Waals surface area contributed by atoms with Crippen molar-refractivity contribution in [1.82, 2.24) is 5.32 Å². The third-order valence-electron chi connectivity index (χ3n) is 4.66. The van der Waals surface area contributed by atoms with E-state index in [9.17, 15) is 19.5 Å². The summed E-state index contributed by atoms with van der Waals surface area (Å²) in [6.07, 6.45) is 2.46. The number of anilines is 1. The van der Waals surface area contributed by atoms with E-state index in [1.165, 1.54) is 0 Å². The maximum absolute atomic E-state index is 12.4. The molecule has 0 saturated heterocycles. The van der Waals surface area contributed by atoms with Crippen LogP contribution in [0.1, 0.15) is 46.4 Å². The lowest BCUT2D eigenvalue weighted by molar-refractivity contribution is -0.144. The summed E-state index contributed by atoms with van der Waals surface area (Å²) in [7, 11) is 0. The molecule has 2 aromatic carbocycles. The van der Waals surface area contributed by atoms with Crippen molar-refractivity contribution in [3.05, 3.63) is 65.7 Å². The molecule has 0 bridgehead atoms. The van der Waals surface area contributed by atoms with E-state index in [0.717, 1.165) is 12.8 Å². The Hall–Kier alpha value is -3.15. The van der Waals surface area contributed by atoms with Gasteiger partial charge in [0.25, 0.3) is 11.8 Å². The van der Waals surface area contributed by atoms with Crippen LogP contribution >= 0.6 is 0 Å². The molecule has 6 heteroatoms. The number of amides is 2. The van der Waals surface area contributed by atoms with Crippen LogP contribution in [0.15, 0.2) is 54.6 Å². The second kappa shape index (κ2) is 7.39. The lowest BCUT2D eigenvalue weighted by Gasteiger charge is -2.25. The molecule has 1 aliphatic rings. The van der Waals surface area contributed by atoms with Crippen molar-refractivity contribution >= 4 is 23.5 Å². The van der Waals surface area contributed by atoms with Crippen molar-refractivity contribution in [2.45, 2.75) is 31.2 Å². The fourth-order valence-corrected chi connectivity index (χ4v) is 3.16. The molecule has 0 spiro atoms. The highest BCUT2D eigenvalue weighted by atomic mass is 16.4. The van der Waals surface area contributed by atoms with Gasteiger partial charge in [0.1, 0.15) is 5.54 Å². The van der Waals surface area contributed by atoms with Gasteiger partial charge in [-0.25, -0.2) is 4.79 Å². The van der Waals surface area contributed by atoms with Gasteiger partial charge in [0.2, 0.25) is 0 Å². The second-order valence-electron chi connectivity index (χ2n) is 6.45. The molecule has 0 radical (unpaired) electrons. The Bertz CT molecular complexity index is 809. The lowest BCUT2D eigenvalue weighted by Crippen LogP contribution is -2.52. The van der Waals surface area contributed by atoms with E-state index in [1.807, 2.05) is 6.07 Å². The Balaban J connectivity index is 1.66. The van der Waals surface area contributed by atoms with Gasteiger partial charge in [-0.15, -0.1) is 0 Å². The number of rotatable bonds is 5. The molecule has 0 aromatic heterocycles. The van der Waals surface area contributed by atoms with Crippen LogP contribution in [0.4, 0.5) is 5.69 Å². The zero-order chi connectivity index (χ0) is 18.6. The van der Waals surface area contributed by atoms with Gasteiger partial charge >= 0.3 is 5.97 Å². The van der Waals surface area contributed by atoms with Crippen molar-refractivity contribution in [1.29, 1.82) is 0 Å². The fraction of sp³-hybridized carbons (Fsp3) is 0.250. The summed E-state index contributed by atoms with van der Waals surface area (Å²) in [6, 6.07) is 15.2. The number of aliphatic carboxylic acids is 1. The highest BCUT2D eigenvalue weighted by molar-refractivity contribution is 6.04. The zero-order valence-corrected chi connectivity index (χ0v) is 14.2.